The summed E-state index contributed by atoms with van der Waals surface area (Å²) < 4.78 is 2.74. The zero-order valence-electron chi connectivity index (χ0n) is 15.6. The average Bonchev–Trinajstić information content (AvgIpc) is 3.12. The fraction of sp³-hybridized carbons (Fsp3) is 0.0370. The van der Waals surface area contributed by atoms with Gasteiger partial charge in [0.2, 0.25) is 0 Å². The van der Waals surface area contributed by atoms with Crippen LogP contribution in [0.15, 0.2) is 91.0 Å². The highest BCUT2D eigenvalue weighted by Crippen LogP contribution is 2.41. The van der Waals surface area contributed by atoms with Crippen molar-refractivity contribution in [2.45, 2.75) is 6.92 Å². The Balaban J connectivity index is 1.64. The molecule has 28 heavy (non-hydrogen) atoms. The van der Waals surface area contributed by atoms with Crippen molar-refractivity contribution in [3.05, 3.63) is 96.6 Å². The van der Waals surface area contributed by atoms with Crippen LogP contribution in [0, 0.1) is 6.92 Å². The van der Waals surface area contributed by atoms with Crippen molar-refractivity contribution < 1.29 is 0 Å². The van der Waals surface area contributed by atoms with E-state index in [2.05, 4.69) is 97.9 Å². The molecule has 6 aromatic rings. The lowest BCUT2D eigenvalue weighted by molar-refractivity contribution is 1.47. The molecule has 0 unspecified atom stereocenters. The van der Waals surface area contributed by atoms with E-state index in [0.29, 0.717) is 0 Å². The number of hydrogen-bond donors (Lipinski definition) is 0. The van der Waals surface area contributed by atoms with Crippen molar-refractivity contribution >= 4 is 53.1 Å². The Bertz CT molecular complexity index is 1500. The van der Waals surface area contributed by atoms with E-state index in [1.807, 2.05) is 11.3 Å². The molecule has 0 aliphatic heterocycles. The normalized spacial score (nSPS) is 11.8. The van der Waals surface area contributed by atoms with Crippen molar-refractivity contribution in [3.8, 4) is 11.1 Å². The third-order valence-corrected chi connectivity index (χ3v) is 6.95. The Morgan fingerprint density at radius 3 is 2.11 bits per heavy atom. The first-order chi connectivity index (χ1) is 13.8. The maximum absolute atomic E-state index is 2.34. The third-order valence-electron chi connectivity index (χ3n) is 5.75. The first-order valence-corrected chi connectivity index (χ1v) is 10.4. The van der Waals surface area contributed by atoms with Gasteiger partial charge in [0.1, 0.15) is 0 Å². The van der Waals surface area contributed by atoms with Crippen LogP contribution >= 0.6 is 11.3 Å². The van der Waals surface area contributed by atoms with Gasteiger partial charge >= 0.3 is 0 Å². The summed E-state index contributed by atoms with van der Waals surface area (Å²) in [6.07, 6.45) is 0. The van der Waals surface area contributed by atoms with Crippen molar-refractivity contribution in [2.24, 2.45) is 0 Å². The standard InChI is InChI=1S/C27H18S/c1-17-6-8-18(9-7-17)20-11-12-23-25-15-14-22-21-5-3-2-4-19(21)10-13-24(22)27(25)28-26(23)16-20/h2-16H,1H3. The largest absolute Gasteiger partial charge is 0.135 e. The van der Waals surface area contributed by atoms with Crippen LogP contribution < -0.4 is 0 Å². The molecule has 1 heteroatoms. The quantitative estimate of drug-likeness (QED) is 0.254. The van der Waals surface area contributed by atoms with Gasteiger partial charge in [-0.05, 0) is 40.3 Å². The predicted octanol–water partition coefficient (Wildman–Crippen LogP) is 8.34. The summed E-state index contributed by atoms with van der Waals surface area (Å²) in [4.78, 5) is 0. The summed E-state index contributed by atoms with van der Waals surface area (Å²) in [5.41, 5.74) is 3.86. The smallest absolute Gasteiger partial charge is 0.0434 e. The molecule has 0 radical (unpaired) electrons. The van der Waals surface area contributed by atoms with Crippen LogP contribution in [0.3, 0.4) is 0 Å². The first-order valence-electron chi connectivity index (χ1n) is 9.62. The lowest BCUT2D eigenvalue weighted by atomic mass is 9.99. The number of fused-ring (bicyclic) bond motifs is 7. The second kappa shape index (κ2) is 5.92. The van der Waals surface area contributed by atoms with Gasteiger partial charge in [-0.25, -0.2) is 0 Å². The Labute approximate surface area is 167 Å². The number of hydrogen-bond acceptors (Lipinski definition) is 1. The summed E-state index contributed by atoms with van der Waals surface area (Å²) in [5.74, 6) is 0. The van der Waals surface area contributed by atoms with E-state index in [9.17, 15) is 0 Å². The van der Waals surface area contributed by atoms with E-state index < -0.39 is 0 Å². The van der Waals surface area contributed by atoms with Gasteiger partial charge in [-0.3, -0.25) is 0 Å². The van der Waals surface area contributed by atoms with Crippen LogP contribution in [-0.2, 0) is 0 Å². The molecular weight excluding hydrogens is 356 g/mol. The van der Waals surface area contributed by atoms with Crippen LogP contribution in [0.1, 0.15) is 5.56 Å². The maximum Gasteiger partial charge on any atom is 0.0434 e. The fourth-order valence-corrected chi connectivity index (χ4v) is 5.52. The van der Waals surface area contributed by atoms with Gasteiger partial charge in [0, 0.05) is 25.6 Å². The maximum atomic E-state index is 2.34. The fourth-order valence-electron chi connectivity index (χ4n) is 4.25. The third kappa shape index (κ3) is 2.30. The van der Waals surface area contributed by atoms with Gasteiger partial charge in [-0.1, -0.05) is 90.5 Å². The van der Waals surface area contributed by atoms with E-state index >= 15 is 0 Å². The zero-order valence-corrected chi connectivity index (χ0v) is 16.4. The summed E-state index contributed by atoms with van der Waals surface area (Å²) in [6, 6.07) is 33.5. The molecule has 0 aliphatic carbocycles. The highest BCUT2D eigenvalue weighted by molar-refractivity contribution is 7.26. The van der Waals surface area contributed by atoms with E-state index in [1.165, 1.54) is 58.4 Å². The van der Waals surface area contributed by atoms with Gasteiger partial charge in [0.15, 0.2) is 0 Å². The van der Waals surface area contributed by atoms with E-state index in [0.717, 1.165) is 0 Å². The Kier molecular flexibility index (Phi) is 3.35. The van der Waals surface area contributed by atoms with Gasteiger partial charge < -0.3 is 0 Å². The van der Waals surface area contributed by atoms with Crippen LogP contribution in [0.4, 0.5) is 0 Å². The minimum atomic E-state index is 1.28. The molecule has 0 aliphatic rings. The Morgan fingerprint density at radius 1 is 0.536 bits per heavy atom. The SMILES string of the molecule is Cc1ccc(-c2ccc3c(c2)sc2c3ccc3c4ccccc4ccc32)cc1. The van der Waals surface area contributed by atoms with Crippen LogP contribution in [0.25, 0.3) is 52.8 Å². The molecule has 132 valence electrons. The van der Waals surface area contributed by atoms with Crippen molar-refractivity contribution in [2.75, 3.05) is 0 Å². The molecule has 0 fully saturated rings. The minimum absolute atomic E-state index is 1.28. The van der Waals surface area contributed by atoms with E-state index in [4.69, 9.17) is 0 Å². The molecular formula is C27H18S. The lowest BCUT2D eigenvalue weighted by Gasteiger charge is -2.05. The molecule has 0 saturated carbocycles. The van der Waals surface area contributed by atoms with Crippen LogP contribution in [0.2, 0.25) is 0 Å². The molecule has 1 aromatic heterocycles. The molecule has 0 bridgehead atoms. The van der Waals surface area contributed by atoms with Crippen LogP contribution in [0.5, 0.6) is 0 Å². The molecule has 0 saturated heterocycles. The molecule has 0 atom stereocenters. The van der Waals surface area contributed by atoms with Gasteiger partial charge in [-0.15, -0.1) is 11.3 Å². The summed E-state index contributed by atoms with van der Waals surface area (Å²) in [5, 5.41) is 8.05. The van der Waals surface area contributed by atoms with Gasteiger partial charge in [-0.2, -0.15) is 0 Å². The number of aryl methyl sites for hydroxylation is 1. The summed E-state index contributed by atoms with van der Waals surface area (Å²) >= 11 is 1.91. The molecule has 0 spiro atoms. The van der Waals surface area contributed by atoms with Crippen molar-refractivity contribution in [1.29, 1.82) is 0 Å². The monoisotopic (exact) mass is 374 g/mol. The average molecular weight is 375 g/mol. The molecule has 0 N–H and O–H groups in total. The molecule has 5 aromatic carbocycles. The van der Waals surface area contributed by atoms with Crippen molar-refractivity contribution in [1.82, 2.24) is 0 Å². The second-order valence-electron chi connectivity index (χ2n) is 7.50. The van der Waals surface area contributed by atoms with E-state index in [-0.39, 0.29) is 0 Å². The minimum Gasteiger partial charge on any atom is -0.135 e. The number of thiophene rings is 1. The predicted molar refractivity (Wildman–Crippen MR) is 125 cm³/mol. The number of rotatable bonds is 1. The van der Waals surface area contributed by atoms with Gasteiger partial charge in [0.25, 0.3) is 0 Å². The molecule has 0 amide bonds. The summed E-state index contributed by atoms with van der Waals surface area (Å²) in [7, 11) is 0. The van der Waals surface area contributed by atoms with E-state index in [1.54, 1.807) is 0 Å². The Morgan fingerprint density at radius 2 is 1.21 bits per heavy atom. The zero-order chi connectivity index (χ0) is 18.7. The van der Waals surface area contributed by atoms with Gasteiger partial charge in [0.05, 0.1) is 0 Å². The first kappa shape index (κ1) is 15.9. The highest BCUT2D eigenvalue weighted by Gasteiger charge is 2.11. The molecule has 6 rings (SSSR count). The van der Waals surface area contributed by atoms with Crippen molar-refractivity contribution in [3.63, 3.8) is 0 Å². The Hall–Kier alpha value is -3.16. The molecule has 0 nitrogen and oxygen atoms in total. The topological polar surface area (TPSA) is 0 Å². The molecule has 1 heterocycles. The number of benzene rings is 5. The summed E-state index contributed by atoms with van der Waals surface area (Å²) in [6.45, 7) is 2.13. The lowest BCUT2D eigenvalue weighted by Crippen LogP contribution is -1.78. The second-order valence-corrected chi connectivity index (χ2v) is 8.56. The van der Waals surface area contributed by atoms with Crippen LogP contribution in [-0.4, -0.2) is 0 Å². The highest BCUT2D eigenvalue weighted by atomic mass is 32.1.